The summed E-state index contributed by atoms with van der Waals surface area (Å²) in [6.07, 6.45) is 1.94. The lowest BCUT2D eigenvalue weighted by molar-refractivity contribution is 0.943. The Hall–Kier alpha value is -3.19. The van der Waals surface area contributed by atoms with E-state index in [2.05, 4.69) is 92.7 Å². The molecule has 0 saturated carbocycles. The van der Waals surface area contributed by atoms with Crippen LogP contribution >= 0.6 is 0 Å². The van der Waals surface area contributed by atoms with E-state index in [-0.39, 0.29) is 5.92 Å². The number of nitrogens with zero attached hydrogens (tertiary/aromatic N) is 1. The second kappa shape index (κ2) is 6.21. The highest BCUT2D eigenvalue weighted by atomic mass is 14.7. The molecule has 5 rings (SSSR count). The maximum Gasteiger partial charge on any atom is 0.0740 e. The second-order valence-corrected chi connectivity index (χ2v) is 7.34. The Labute approximate surface area is 160 Å². The van der Waals surface area contributed by atoms with E-state index in [1.165, 1.54) is 44.2 Å². The highest BCUT2D eigenvalue weighted by Crippen LogP contribution is 2.46. The number of aromatic nitrogens is 1. The molecule has 1 atom stereocenters. The molecule has 1 heterocycles. The Morgan fingerprint density at radius 1 is 0.741 bits per heavy atom. The van der Waals surface area contributed by atoms with Crippen molar-refractivity contribution in [1.29, 1.82) is 0 Å². The van der Waals surface area contributed by atoms with Gasteiger partial charge in [0.25, 0.3) is 0 Å². The molecule has 4 aromatic rings. The van der Waals surface area contributed by atoms with Crippen LogP contribution in [0.25, 0.3) is 27.5 Å². The molecule has 0 aliphatic heterocycles. The average molecular weight is 347 g/mol. The topological polar surface area (TPSA) is 12.9 Å². The van der Waals surface area contributed by atoms with E-state index in [9.17, 15) is 0 Å². The summed E-state index contributed by atoms with van der Waals surface area (Å²) in [5.74, 6) is 0.272. The fourth-order valence-corrected chi connectivity index (χ4v) is 4.37. The fourth-order valence-electron chi connectivity index (χ4n) is 4.37. The van der Waals surface area contributed by atoms with Gasteiger partial charge in [0, 0.05) is 17.5 Å². The van der Waals surface area contributed by atoms with Crippen LogP contribution in [0.1, 0.15) is 36.6 Å². The minimum Gasteiger partial charge on any atom is -0.256 e. The van der Waals surface area contributed by atoms with Crippen molar-refractivity contribution in [3.05, 3.63) is 107 Å². The summed E-state index contributed by atoms with van der Waals surface area (Å²) in [6, 6.07) is 28.3. The van der Waals surface area contributed by atoms with Gasteiger partial charge in [-0.1, -0.05) is 66.2 Å². The monoisotopic (exact) mass is 347 g/mol. The minimum absolute atomic E-state index is 0.272. The number of hydrogen-bond donors (Lipinski definition) is 0. The summed E-state index contributed by atoms with van der Waals surface area (Å²) in [5.41, 5.74) is 9.05. The van der Waals surface area contributed by atoms with Crippen molar-refractivity contribution >= 4 is 16.3 Å². The molecule has 1 heteroatoms. The summed E-state index contributed by atoms with van der Waals surface area (Å²) in [7, 11) is 0. The van der Waals surface area contributed by atoms with E-state index in [1.54, 1.807) is 0 Å². The van der Waals surface area contributed by atoms with E-state index in [0.29, 0.717) is 0 Å². The number of pyridine rings is 1. The number of allylic oxidation sites excluding steroid dienone is 2. The number of rotatable bonds is 2. The van der Waals surface area contributed by atoms with Gasteiger partial charge in [0.05, 0.1) is 5.69 Å². The molecule has 0 spiro atoms. The highest BCUT2D eigenvalue weighted by Gasteiger charge is 2.27. The van der Waals surface area contributed by atoms with Gasteiger partial charge in [0.2, 0.25) is 0 Å². The first-order chi connectivity index (χ1) is 13.2. The standard InChI is InChI=1S/C26H21N/c1-17-18(2)26-25-21(13-14-27-26)15-22(19-9-5-3-6-10-19)16-23(25)24(17)20-11-7-4-8-12-20/h3-16,24H,1-2H3. The highest BCUT2D eigenvalue weighted by molar-refractivity contribution is 6.00. The number of hydrogen-bond acceptors (Lipinski definition) is 1. The Morgan fingerprint density at radius 3 is 2.19 bits per heavy atom. The van der Waals surface area contributed by atoms with Crippen molar-refractivity contribution in [2.75, 3.05) is 0 Å². The van der Waals surface area contributed by atoms with Gasteiger partial charge in [0.1, 0.15) is 0 Å². The lowest BCUT2D eigenvalue weighted by Crippen LogP contribution is -2.11. The number of benzene rings is 3. The van der Waals surface area contributed by atoms with Gasteiger partial charge in [-0.3, -0.25) is 4.98 Å². The van der Waals surface area contributed by atoms with E-state index in [0.717, 1.165) is 5.69 Å². The van der Waals surface area contributed by atoms with E-state index in [4.69, 9.17) is 4.98 Å². The Kier molecular flexibility index (Phi) is 3.68. The van der Waals surface area contributed by atoms with Crippen molar-refractivity contribution in [1.82, 2.24) is 4.98 Å². The van der Waals surface area contributed by atoms with E-state index >= 15 is 0 Å². The zero-order valence-electron chi connectivity index (χ0n) is 15.6. The maximum absolute atomic E-state index is 4.74. The molecule has 0 saturated heterocycles. The molecule has 3 aromatic carbocycles. The summed E-state index contributed by atoms with van der Waals surface area (Å²) < 4.78 is 0. The molecule has 1 aliphatic carbocycles. The molecule has 1 nitrogen and oxygen atoms in total. The first kappa shape index (κ1) is 16.0. The van der Waals surface area contributed by atoms with Gasteiger partial charge in [-0.05, 0) is 65.3 Å². The lowest BCUT2D eigenvalue weighted by atomic mass is 9.75. The van der Waals surface area contributed by atoms with Gasteiger partial charge >= 0.3 is 0 Å². The van der Waals surface area contributed by atoms with Crippen LogP contribution in [0.5, 0.6) is 0 Å². The largest absolute Gasteiger partial charge is 0.256 e. The predicted molar refractivity (Wildman–Crippen MR) is 114 cm³/mol. The zero-order valence-corrected chi connectivity index (χ0v) is 15.6. The van der Waals surface area contributed by atoms with E-state index < -0.39 is 0 Å². The summed E-state index contributed by atoms with van der Waals surface area (Å²) in [6.45, 7) is 4.47. The predicted octanol–water partition coefficient (Wildman–Crippen LogP) is 6.84. The molecule has 27 heavy (non-hydrogen) atoms. The molecular weight excluding hydrogens is 326 g/mol. The van der Waals surface area contributed by atoms with Crippen molar-refractivity contribution in [3.63, 3.8) is 0 Å². The van der Waals surface area contributed by atoms with Crippen LogP contribution in [0.2, 0.25) is 0 Å². The first-order valence-electron chi connectivity index (χ1n) is 9.45. The SMILES string of the molecule is CC1=C(C)C(c2ccccc2)c2cc(-c3ccccc3)cc3ccnc1c23. The van der Waals surface area contributed by atoms with Crippen molar-refractivity contribution < 1.29 is 0 Å². The van der Waals surface area contributed by atoms with Crippen molar-refractivity contribution in [2.45, 2.75) is 19.8 Å². The third-order valence-corrected chi connectivity index (χ3v) is 5.82. The van der Waals surface area contributed by atoms with Crippen molar-refractivity contribution in [3.8, 4) is 11.1 Å². The molecular formula is C26H21N. The smallest absolute Gasteiger partial charge is 0.0740 e. The normalized spacial score (nSPS) is 16.0. The van der Waals surface area contributed by atoms with Crippen LogP contribution in [0.3, 0.4) is 0 Å². The van der Waals surface area contributed by atoms with Crippen molar-refractivity contribution in [2.24, 2.45) is 0 Å². The quantitative estimate of drug-likeness (QED) is 0.387. The Morgan fingerprint density at radius 2 is 1.44 bits per heavy atom. The molecule has 1 aliphatic rings. The van der Waals surface area contributed by atoms with Crippen LogP contribution in [-0.4, -0.2) is 4.98 Å². The van der Waals surface area contributed by atoms with Gasteiger partial charge < -0.3 is 0 Å². The van der Waals surface area contributed by atoms with Crippen LogP contribution < -0.4 is 0 Å². The summed E-state index contributed by atoms with van der Waals surface area (Å²) in [4.78, 5) is 4.74. The van der Waals surface area contributed by atoms with Gasteiger partial charge in [-0.25, -0.2) is 0 Å². The first-order valence-corrected chi connectivity index (χ1v) is 9.45. The van der Waals surface area contributed by atoms with Crippen LogP contribution in [0.4, 0.5) is 0 Å². The second-order valence-electron chi connectivity index (χ2n) is 7.34. The van der Waals surface area contributed by atoms with Crippen LogP contribution in [0, 0.1) is 0 Å². The molecule has 0 bridgehead atoms. The van der Waals surface area contributed by atoms with Crippen LogP contribution in [0.15, 0.2) is 90.6 Å². The molecule has 1 aromatic heterocycles. The van der Waals surface area contributed by atoms with E-state index in [1.807, 2.05) is 6.20 Å². The molecule has 130 valence electrons. The van der Waals surface area contributed by atoms with Gasteiger partial charge in [-0.15, -0.1) is 0 Å². The minimum atomic E-state index is 0.272. The molecule has 0 N–H and O–H groups in total. The molecule has 0 amide bonds. The van der Waals surface area contributed by atoms with Gasteiger partial charge in [-0.2, -0.15) is 0 Å². The molecule has 0 radical (unpaired) electrons. The summed E-state index contributed by atoms with van der Waals surface area (Å²) >= 11 is 0. The average Bonchev–Trinajstić information content (AvgIpc) is 2.73. The third kappa shape index (κ3) is 2.50. The van der Waals surface area contributed by atoms with Gasteiger partial charge in [0.15, 0.2) is 0 Å². The zero-order chi connectivity index (χ0) is 18.4. The Bertz CT molecular complexity index is 1170. The molecule has 0 fully saturated rings. The third-order valence-electron chi connectivity index (χ3n) is 5.82. The fraction of sp³-hybridized carbons (Fsp3) is 0.115. The van der Waals surface area contributed by atoms with Crippen LogP contribution in [-0.2, 0) is 0 Å². The lowest BCUT2D eigenvalue weighted by Gasteiger charge is -2.29. The Balaban J connectivity index is 1.85. The summed E-state index contributed by atoms with van der Waals surface area (Å²) in [5, 5.41) is 2.57. The maximum atomic E-state index is 4.74. The molecule has 1 unspecified atom stereocenters.